The molecule has 0 heterocycles. The Morgan fingerprint density at radius 2 is 1.82 bits per heavy atom. The van der Waals surface area contributed by atoms with Crippen LogP contribution in [-0.2, 0) is 7.80 Å². The van der Waals surface area contributed by atoms with E-state index in [4.69, 9.17) is 8.17 Å². The molecule has 0 aliphatic rings. The van der Waals surface area contributed by atoms with Crippen molar-refractivity contribution in [1.29, 1.82) is 0 Å². The topological polar surface area (TPSA) is 38.7 Å². The molecule has 0 fully saturated rings. The molecular weight excluding hydrogens is 259 g/mol. The van der Waals surface area contributed by atoms with Gasteiger partial charge in [-0.1, -0.05) is 0 Å². The van der Waals surface area contributed by atoms with Crippen LogP contribution in [0.2, 0.25) is 0 Å². The zero-order valence-electron chi connectivity index (χ0n) is 6.18. The molecule has 0 rings (SSSR count). The summed E-state index contributed by atoms with van der Waals surface area (Å²) in [5.41, 5.74) is 0. The Bertz CT molecular complexity index is 127. The highest BCUT2D eigenvalue weighted by atomic mass is 127. The van der Waals surface area contributed by atoms with Crippen LogP contribution in [0.25, 0.3) is 0 Å². The molecule has 0 aromatic carbocycles. The average Bonchev–Trinajstić information content (AvgIpc) is 2.03. The highest BCUT2D eigenvalue weighted by Crippen LogP contribution is 1.87. The highest BCUT2D eigenvalue weighted by Gasteiger charge is 1.80. The lowest BCUT2D eigenvalue weighted by molar-refractivity contribution is 0.00155. The smallest absolute Gasteiger partial charge is 0.143 e. The van der Waals surface area contributed by atoms with Crippen LogP contribution in [0.5, 0.6) is 0 Å². The van der Waals surface area contributed by atoms with Crippen molar-refractivity contribution in [1.82, 2.24) is 0 Å². The van der Waals surface area contributed by atoms with E-state index in [0.29, 0.717) is 19.6 Å². The molecule has 64 valence electrons. The fraction of sp³-hybridized carbons (Fsp3) is 0.714. The third-order valence-electron chi connectivity index (χ3n) is 0.892. The molecule has 0 bridgehead atoms. The molecule has 0 aliphatic heterocycles. The van der Waals surface area contributed by atoms with Crippen LogP contribution in [0.3, 0.4) is 0 Å². The molecule has 0 saturated heterocycles. The van der Waals surface area contributed by atoms with Crippen molar-refractivity contribution in [3.8, 4) is 11.8 Å². The molecule has 0 atom stereocenters. The van der Waals surface area contributed by atoms with Crippen molar-refractivity contribution in [2.45, 2.75) is 12.8 Å². The third-order valence-corrected chi connectivity index (χ3v) is 1.33. The molecule has 0 amide bonds. The third kappa shape index (κ3) is 10.2. The van der Waals surface area contributed by atoms with Crippen LogP contribution in [-0.4, -0.2) is 25.1 Å². The van der Waals surface area contributed by atoms with Gasteiger partial charge in [-0.3, -0.25) is 0 Å². The van der Waals surface area contributed by atoms with E-state index in [9.17, 15) is 0 Å². The maximum absolute atomic E-state index is 8.22. The molecule has 0 radical (unpaired) electrons. The zero-order chi connectivity index (χ0) is 8.36. The van der Waals surface area contributed by atoms with Gasteiger partial charge >= 0.3 is 0 Å². The summed E-state index contributed by atoms with van der Waals surface area (Å²) in [5.74, 6) is 5.79. The molecule has 0 aromatic rings. The number of hydrogen-bond donors (Lipinski definition) is 1. The first-order chi connectivity index (χ1) is 5.41. The standard InChI is InChI=1S/C7H11IO3/c8-11-6-4-2-1-3-5-10-7-9/h9H,3-7H2. The Labute approximate surface area is 80.8 Å². The van der Waals surface area contributed by atoms with Crippen molar-refractivity contribution in [2.24, 2.45) is 0 Å². The lowest BCUT2D eigenvalue weighted by Gasteiger charge is -1.92. The van der Waals surface area contributed by atoms with Crippen LogP contribution in [0.1, 0.15) is 12.8 Å². The molecule has 4 heteroatoms. The number of ether oxygens (including phenoxy) is 1. The first kappa shape index (κ1) is 11.2. The van der Waals surface area contributed by atoms with E-state index < -0.39 is 0 Å². The minimum atomic E-state index is -0.224. The average molecular weight is 270 g/mol. The van der Waals surface area contributed by atoms with Crippen molar-refractivity contribution >= 4 is 23.0 Å². The molecule has 3 nitrogen and oxygen atoms in total. The van der Waals surface area contributed by atoms with Crippen molar-refractivity contribution < 1.29 is 12.9 Å². The predicted molar refractivity (Wildman–Crippen MR) is 50.0 cm³/mol. The van der Waals surface area contributed by atoms with Gasteiger partial charge in [0, 0.05) is 12.8 Å². The van der Waals surface area contributed by atoms with Gasteiger partial charge in [-0.25, -0.2) is 0 Å². The largest absolute Gasteiger partial charge is 0.371 e. The van der Waals surface area contributed by atoms with Gasteiger partial charge in [0.15, 0.2) is 0 Å². The molecule has 0 aromatic heterocycles. The zero-order valence-corrected chi connectivity index (χ0v) is 8.33. The second kappa shape index (κ2) is 10.2. The van der Waals surface area contributed by atoms with Gasteiger partial charge in [0.2, 0.25) is 0 Å². The fourth-order valence-electron chi connectivity index (χ4n) is 0.454. The maximum Gasteiger partial charge on any atom is 0.143 e. The van der Waals surface area contributed by atoms with E-state index in [0.717, 1.165) is 6.42 Å². The summed E-state index contributed by atoms with van der Waals surface area (Å²) >= 11 is 1.84. The Balaban J connectivity index is 2.99. The molecule has 11 heavy (non-hydrogen) atoms. The Morgan fingerprint density at radius 3 is 2.36 bits per heavy atom. The van der Waals surface area contributed by atoms with Gasteiger partial charge in [0.25, 0.3) is 0 Å². The molecule has 0 spiro atoms. The van der Waals surface area contributed by atoms with Crippen molar-refractivity contribution in [2.75, 3.05) is 20.0 Å². The van der Waals surface area contributed by atoms with Gasteiger partial charge in [-0.2, -0.15) is 0 Å². The summed E-state index contributed by atoms with van der Waals surface area (Å²) in [5, 5.41) is 8.22. The predicted octanol–water partition coefficient (Wildman–Crippen LogP) is 1.10. The SMILES string of the molecule is OCOCCC#CCCOI. The number of aliphatic hydroxyl groups is 1. The van der Waals surface area contributed by atoms with Crippen LogP contribution in [0.4, 0.5) is 0 Å². The van der Waals surface area contributed by atoms with Crippen LogP contribution in [0.15, 0.2) is 0 Å². The van der Waals surface area contributed by atoms with Crippen molar-refractivity contribution in [3.63, 3.8) is 0 Å². The van der Waals surface area contributed by atoms with Crippen LogP contribution >= 0.6 is 23.0 Å². The second-order valence-corrected chi connectivity index (χ2v) is 2.33. The number of halogens is 1. The highest BCUT2D eigenvalue weighted by molar-refractivity contribution is 14.1. The quantitative estimate of drug-likeness (QED) is 0.352. The minimum absolute atomic E-state index is 0.224. The summed E-state index contributed by atoms with van der Waals surface area (Å²) < 4.78 is 9.43. The normalized spacial score (nSPS) is 8.91. The summed E-state index contributed by atoms with van der Waals surface area (Å²) in [6, 6.07) is 0. The summed E-state index contributed by atoms with van der Waals surface area (Å²) in [7, 11) is 0. The van der Waals surface area contributed by atoms with E-state index in [-0.39, 0.29) is 6.79 Å². The van der Waals surface area contributed by atoms with E-state index in [1.807, 2.05) is 23.0 Å². The molecule has 0 saturated carbocycles. The fourth-order valence-corrected chi connectivity index (χ4v) is 0.674. The molecule has 0 aliphatic carbocycles. The second-order valence-electron chi connectivity index (χ2n) is 1.70. The Morgan fingerprint density at radius 1 is 1.18 bits per heavy atom. The van der Waals surface area contributed by atoms with E-state index in [2.05, 4.69) is 16.6 Å². The minimum Gasteiger partial charge on any atom is -0.371 e. The van der Waals surface area contributed by atoms with Gasteiger partial charge in [0.1, 0.15) is 29.8 Å². The summed E-state index contributed by atoms with van der Waals surface area (Å²) in [6.45, 7) is 0.932. The molecule has 1 N–H and O–H groups in total. The van der Waals surface area contributed by atoms with E-state index >= 15 is 0 Å². The summed E-state index contributed by atoms with van der Waals surface area (Å²) in [4.78, 5) is 0. The maximum atomic E-state index is 8.22. The van der Waals surface area contributed by atoms with Gasteiger partial charge in [-0.15, -0.1) is 11.8 Å². The summed E-state index contributed by atoms with van der Waals surface area (Å²) in [6.07, 6.45) is 1.42. The van der Waals surface area contributed by atoms with Gasteiger partial charge in [-0.05, 0) is 0 Å². The molecular formula is C7H11IO3. The van der Waals surface area contributed by atoms with E-state index in [1.54, 1.807) is 0 Å². The Kier molecular flexibility index (Phi) is 10.3. The Hall–Kier alpha value is 0.170. The lowest BCUT2D eigenvalue weighted by atomic mass is 10.4. The van der Waals surface area contributed by atoms with Crippen molar-refractivity contribution in [3.05, 3.63) is 0 Å². The first-order valence-electron chi connectivity index (χ1n) is 3.29. The number of rotatable bonds is 5. The van der Waals surface area contributed by atoms with Crippen LogP contribution < -0.4 is 0 Å². The molecule has 0 unspecified atom stereocenters. The van der Waals surface area contributed by atoms with Gasteiger partial charge < -0.3 is 12.9 Å². The number of aliphatic hydroxyl groups excluding tert-OH is 1. The number of hydrogen-bond acceptors (Lipinski definition) is 3. The first-order valence-corrected chi connectivity index (χ1v) is 4.17. The van der Waals surface area contributed by atoms with Crippen LogP contribution in [0, 0.1) is 11.8 Å². The van der Waals surface area contributed by atoms with E-state index in [1.165, 1.54) is 0 Å². The van der Waals surface area contributed by atoms with Gasteiger partial charge in [0.05, 0.1) is 13.2 Å². The monoisotopic (exact) mass is 270 g/mol. The lowest BCUT2D eigenvalue weighted by Crippen LogP contribution is -1.93.